The maximum Gasteiger partial charge on any atom is 0.134 e. The largest absolute Gasteiger partial charge is 0.134 e. The highest BCUT2D eigenvalue weighted by Crippen LogP contribution is 2.65. The van der Waals surface area contributed by atoms with Crippen LogP contribution in [0.15, 0.2) is 0 Å². The Morgan fingerprint density at radius 2 is 0.733 bits per heavy atom. The van der Waals surface area contributed by atoms with Crippen molar-refractivity contribution in [2.24, 2.45) is 0 Å². The van der Waals surface area contributed by atoms with Gasteiger partial charge in [-0.05, 0) is 0 Å². The number of hydrogen-bond acceptors (Lipinski definition) is 0. The minimum atomic E-state index is -0.560. The lowest BCUT2D eigenvalue weighted by molar-refractivity contribution is 0.755. The zero-order valence-corrected chi connectivity index (χ0v) is 22.3. The lowest BCUT2D eigenvalue weighted by atomic mass is 10.3. The van der Waals surface area contributed by atoms with E-state index < -0.39 is 9.70 Å². The number of hydrogen-bond donors (Lipinski definition) is 0. The van der Waals surface area contributed by atoms with Gasteiger partial charge in [0.2, 0.25) is 0 Å². The molecule has 0 aromatic rings. The van der Waals surface area contributed by atoms with Gasteiger partial charge in [0.1, 0.15) is 9.70 Å². The molecule has 0 N–H and O–H groups in total. The molecule has 0 aromatic carbocycles. The molecule has 0 unspecified atom stereocenters. The van der Waals surface area contributed by atoms with E-state index in [1.54, 1.807) is 0 Å². The molecule has 0 fully saturated rings. The minimum absolute atomic E-state index is 0.0236. The average molecular weight is 861 g/mol. The van der Waals surface area contributed by atoms with Crippen molar-refractivity contribution in [2.45, 2.75) is 17.2 Å². The molecule has 0 saturated heterocycles. The summed E-state index contributed by atoms with van der Waals surface area (Å²) in [5.41, 5.74) is 0. The molecule has 15 heavy (non-hydrogen) atoms. The fourth-order valence-corrected chi connectivity index (χ4v) is 7.56. The van der Waals surface area contributed by atoms with Crippen LogP contribution in [-0.4, -0.2) is 17.2 Å². The van der Waals surface area contributed by atoms with Gasteiger partial charge in [-0.3, -0.25) is 0 Å². The van der Waals surface area contributed by atoms with Crippen molar-refractivity contribution in [3.05, 3.63) is 0 Å². The van der Waals surface area contributed by atoms with E-state index in [-0.39, 0.29) is 7.47 Å². The van der Waals surface area contributed by atoms with Gasteiger partial charge in [-0.1, -0.05) is 159 Å². The smallest absolute Gasteiger partial charge is 0.0739 e. The Morgan fingerprint density at radius 1 is 0.533 bits per heavy atom. The molecule has 0 saturated carbocycles. The third-order valence-electron chi connectivity index (χ3n) is 1.39. The normalized spacial score (nSPS) is 15.2. The van der Waals surface area contributed by atoms with Crippen LogP contribution in [0.4, 0.5) is 0 Å². The summed E-state index contributed by atoms with van der Waals surface area (Å²) in [6.07, 6.45) is 0. The molecule has 0 heterocycles. The van der Waals surface area contributed by atoms with Gasteiger partial charge in [0.15, 0.2) is 0 Å². The van der Waals surface area contributed by atoms with Crippen LogP contribution in [0.25, 0.3) is 0 Å². The minimum Gasteiger partial charge on any atom is -0.0739 e. The van der Waals surface area contributed by atoms with Crippen molar-refractivity contribution in [1.29, 1.82) is 0 Å². The highest BCUT2D eigenvalue weighted by atomic mass is 79.9. The van der Waals surface area contributed by atoms with Crippen molar-refractivity contribution in [2.75, 3.05) is 0 Å². The summed E-state index contributed by atoms with van der Waals surface area (Å²) in [6.45, 7) is 0. The summed E-state index contributed by atoms with van der Waals surface area (Å²) in [5, 5.41) is 0. The van der Waals surface area contributed by atoms with Gasteiger partial charge in [-0.2, -0.15) is 0 Å². The highest BCUT2D eigenvalue weighted by Gasteiger charge is 2.61. The molecule has 0 nitrogen and oxygen atoms in total. The molecular formula is C5H2Br10. The van der Waals surface area contributed by atoms with E-state index in [4.69, 9.17) is 0 Å². The summed E-state index contributed by atoms with van der Waals surface area (Å²) < 4.78 is -1.61. The van der Waals surface area contributed by atoms with E-state index in [1.807, 2.05) is 0 Å². The Bertz CT molecular complexity index is 196. The van der Waals surface area contributed by atoms with Crippen LogP contribution < -0.4 is 0 Å². The molecule has 0 rings (SSSR count). The molecule has 10 heteroatoms. The van der Waals surface area contributed by atoms with Gasteiger partial charge in [0.05, 0.1) is 7.47 Å². The monoisotopic (exact) mass is 851 g/mol. The summed E-state index contributed by atoms with van der Waals surface area (Å²) in [4.78, 5) is 0. The second-order valence-corrected chi connectivity index (χ2v) is 19.1. The van der Waals surface area contributed by atoms with Gasteiger partial charge < -0.3 is 0 Å². The van der Waals surface area contributed by atoms with Crippen LogP contribution in [-0.2, 0) is 0 Å². The van der Waals surface area contributed by atoms with Gasteiger partial charge in [0.25, 0.3) is 0 Å². The zero-order valence-electron chi connectivity index (χ0n) is 6.43. The quantitative estimate of drug-likeness (QED) is 0.255. The Balaban J connectivity index is 5.30. The van der Waals surface area contributed by atoms with Crippen LogP contribution in [0.3, 0.4) is 0 Å². The van der Waals surface area contributed by atoms with E-state index in [0.29, 0.717) is 0 Å². The van der Waals surface area contributed by atoms with E-state index in [2.05, 4.69) is 159 Å². The third kappa shape index (κ3) is 4.38. The lowest BCUT2D eigenvalue weighted by Crippen LogP contribution is -2.53. The molecule has 0 radical (unpaired) electrons. The Hall–Kier alpha value is 4.80. The van der Waals surface area contributed by atoms with E-state index in [1.165, 1.54) is 0 Å². The van der Waals surface area contributed by atoms with Gasteiger partial charge >= 0.3 is 0 Å². The molecule has 0 aliphatic heterocycles. The molecule has 0 aliphatic rings. The van der Waals surface area contributed by atoms with Gasteiger partial charge in [0, 0.05) is 0 Å². The molecule has 0 aromatic heterocycles. The lowest BCUT2D eigenvalue weighted by Gasteiger charge is -2.45. The predicted molar refractivity (Wildman–Crippen MR) is 105 cm³/mol. The van der Waals surface area contributed by atoms with Gasteiger partial charge in [-0.25, -0.2) is 0 Å². The van der Waals surface area contributed by atoms with Crippen LogP contribution in [0.2, 0.25) is 0 Å². The fourth-order valence-electron chi connectivity index (χ4n) is 0.496. The third-order valence-corrected chi connectivity index (χ3v) is 20.0. The molecular weight excluding hydrogens is 859 g/mol. The second-order valence-electron chi connectivity index (χ2n) is 2.42. The van der Waals surface area contributed by atoms with Crippen LogP contribution >= 0.6 is 159 Å². The van der Waals surface area contributed by atoms with Crippen molar-refractivity contribution in [3.8, 4) is 0 Å². The SMILES string of the molecule is BrC(Br)C(Br)(Br)C(Br)(Br)C(Br)(Br)C(Br)Br. The number of halogens is 10. The van der Waals surface area contributed by atoms with E-state index in [0.717, 1.165) is 0 Å². The standard InChI is InChI=1S/C5H2Br10/c6-1(7)3(10,11)5(14,15)4(12,13)2(8)9/h1-2H. The summed E-state index contributed by atoms with van der Waals surface area (Å²) in [6, 6.07) is 0. The van der Waals surface area contributed by atoms with Crippen LogP contribution in [0.1, 0.15) is 0 Å². The molecule has 0 amide bonds. The Morgan fingerprint density at radius 3 is 0.867 bits per heavy atom. The maximum atomic E-state index is 3.64. The average Bonchev–Trinajstić information content (AvgIpc) is 2.02. The van der Waals surface area contributed by atoms with Crippen molar-refractivity contribution < 1.29 is 0 Å². The van der Waals surface area contributed by atoms with E-state index in [9.17, 15) is 0 Å². The van der Waals surface area contributed by atoms with Crippen LogP contribution in [0, 0.1) is 0 Å². The fraction of sp³-hybridized carbons (Fsp3) is 1.00. The van der Waals surface area contributed by atoms with Crippen LogP contribution in [0.5, 0.6) is 0 Å². The first-order chi connectivity index (χ1) is 6.39. The van der Waals surface area contributed by atoms with E-state index >= 15 is 0 Å². The summed E-state index contributed by atoms with van der Waals surface area (Å²) >= 11 is 35.5. The predicted octanol–water partition coefficient (Wildman–Crippen LogP) is 7.68. The zero-order chi connectivity index (χ0) is 12.7. The topological polar surface area (TPSA) is 0 Å². The summed E-state index contributed by atoms with van der Waals surface area (Å²) in [5.74, 6) is 0. The molecule has 92 valence electrons. The molecule has 0 spiro atoms. The Kier molecular flexibility index (Phi) is 9.48. The number of alkyl halides is 10. The van der Waals surface area contributed by atoms with Crippen molar-refractivity contribution in [3.63, 3.8) is 0 Å². The number of rotatable bonds is 4. The van der Waals surface area contributed by atoms with Gasteiger partial charge in [-0.15, -0.1) is 0 Å². The summed E-state index contributed by atoms with van der Waals surface area (Å²) in [7, 11) is 0. The highest BCUT2D eigenvalue weighted by molar-refractivity contribution is 9.35. The first-order valence-corrected chi connectivity index (χ1v) is 11.5. The second kappa shape index (κ2) is 7.18. The van der Waals surface area contributed by atoms with Crippen molar-refractivity contribution >= 4 is 159 Å². The Labute approximate surface area is 173 Å². The maximum absolute atomic E-state index is 3.64. The molecule has 0 atom stereocenters. The molecule has 0 bridgehead atoms. The van der Waals surface area contributed by atoms with Crippen molar-refractivity contribution in [1.82, 2.24) is 0 Å². The first kappa shape index (κ1) is 19.8. The first-order valence-electron chi connectivity index (χ1n) is 3.08. The molecule has 0 aliphatic carbocycles.